The van der Waals surface area contributed by atoms with Crippen LogP contribution in [-0.4, -0.2) is 38.5 Å². The molecule has 0 radical (unpaired) electrons. The van der Waals surface area contributed by atoms with Gasteiger partial charge in [-0.05, 0) is 30.9 Å². The monoisotopic (exact) mass is 364 g/mol. The molecule has 6 heteroatoms. The van der Waals surface area contributed by atoms with Crippen LogP contribution in [0.25, 0.3) is 0 Å². The molecule has 0 atom stereocenters. The normalized spacial score (nSPS) is 15.2. The fraction of sp³-hybridized carbons (Fsp3) is 0.579. The summed E-state index contributed by atoms with van der Waals surface area (Å²) in [5, 5.41) is 9.86. The minimum atomic E-state index is -0.160. The van der Waals surface area contributed by atoms with Gasteiger partial charge in [0.05, 0.1) is 10.6 Å². The van der Waals surface area contributed by atoms with E-state index < -0.39 is 0 Å². The lowest BCUT2D eigenvalue weighted by molar-refractivity contribution is 0.0954. The number of benzene rings is 1. The van der Waals surface area contributed by atoms with E-state index in [1.807, 2.05) is 6.07 Å². The van der Waals surface area contributed by atoms with Crippen molar-refractivity contribution >= 4 is 23.5 Å². The van der Waals surface area contributed by atoms with Gasteiger partial charge in [0.2, 0.25) is 0 Å². The van der Waals surface area contributed by atoms with Crippen molar-refractivity contribution in [2.45, 2.75) is 38.5 Å². The van der Waals surface area contributed by atoms with Crippen LogP contribution in [-0.2, 0) is 0 Å². The maximum Gasteiger partial charge on any atom is 0.252 e. The average Bonchev–Trinajstić information content (AvgIpc) is 3.14. The Hall–Kier alpha value is -1.75. The summed E-state index contributed by atoms with van der Waals surface area (Å²) in [6, 6.07) is 7.04. The third-order valence-corrected chi connectivity index (χ3v) is 4.93. The molecule has 1 aromatic carbocycles. The molecular formula is C19H29ClN4O. The second-order valence-electron chi connectivity index (χ2n) is 6.45. The summed E-state index contributed by atoms with van der Waals surface area (Å²) >= 11 is 6.02. The minimum Gasteiger partial charge on any atom is -0.356 e. The van der Waals surface area contributed by atoms with Crippen LogP contribution < -0.4 is 16.0 Å². The van der Waals surface area contributed by atoms with Gasteiger partial charge in [0, 0.05) is 26.7 Å². The molecule has 25 heavy (non-hydrogen) atoms. The number of nitrogens with one attached hydrogen (secondary N) is 3. The molecule has 1 aliphatic rings. The van der Waals surface area contributed by atoms with Crippen LogP contribution in [0.15, 0.2) is 29.3 Å². The lowest BCUT2D eigenvalue weighted by atomic mass is 10.0. The van der Waals surface area contributed by atoms with Crippen molar-refractivity contribution in [3.8, 4) is 0 Å². The molecule has 1 saturated carbocycles. The first kappa shape index (κ1) is 19.6. The molecule has 138 valence electrons. The predicted octanol–water partition coefficient (Wildman–Crippen LogP) is 3.21. The SMILES string of the molecule is CN=C(NCCCC1CCCC1)NCCNC(=O)c1ccccc1Cl. The van der Waals surface area contributed by atoms with Crippen LogP contribution in [0.3, 0.4) is 0 Å². The van der Waals surface area contributed by atoms with Crippen LogP contribution in [0.5, 0.6) is 0 Å². The fourth-order valence-electron chi connectivity index (χ4n) is 3.21. The number of hydrogen-bond donors (Lipinski definition) is 3. The smallest absolute Gasteiger partial charge is 0.252 e. The summed E-state index contributed by atoms with van der Waals surface area (Å²) in [7, 11) is 1.76. The number of carbonyl (C=O) groups excluding carboxylic acids is 1. The van der Waals surface area contributed by atoms with E-state index in [2.05, 4.69) is 20.9 Å². The van der Waals surface area contributed by atoms with Gasteiger partial charge in [-0.3, -0.25) is 9.79 Å². The summed E-state index contributed by atoms with van der Waals surface area (Å²) in [5.41, 5.74) is 0.499. The highest BCUT2D eigenvalue weighted by atomic mass is 35.5. The number of nitrogens with zero attached hydrogens (tertiary/aromatic N) is 1. The van der Waals surface area contributed by atoms with Crippen molar-refractivity contribution in [3.63, 3.8) is 0 Å². The van der Waals surface area contributed by atoms with E-state index in [-0.39, 0.29) is 5.91 Å². The van der Waals surface area contributed by atoms with Crippen LogP contribution in [0.2, 0.25) is 5.02 Å². The van der Waals surface area contributed by atoms with Crippen molar-refractivity contribution in [1.29, 1.82) is 0 Å². The molecule has 1 fully saturated rings. The van der Waals surface area contributed by atoms with Crippen LogP contribution in [0.1, 0.15) is 48.9 Å². The zero-order chi connectivity index (χ0) is 17.9. The number of rotatable bonds is 8. The molecule has 0 saturated heterocycles. The van der Waals surface area contributed by atoms with Crippen molar-refractivity contribution in [2.24, 2.45) is 10.9 Å². The lowest BCUT2D eigenvalue weighted by Gasteiger charge is -2.13. The number of halogens is 1. The predicted molar refractivity (Wildman–Crippen MR) is 104 cm³/mol. The highest BCUT2D eigenvalue weighted by molar-refractivity contribution is 6.33. The quantitative estimate of drug-likeness (QED) is 0.377. The second-order valence-corrected chi connectivity index (χ2v) is 6.86. The maximum atomic E-state index is 12.0. The minimum absolute atomic E-state index is 0.160. The molecule has 1 aliphatic carbocycles. The van der Waals surface area contributed by atoms with Crippen molar-refractivity contribution in [3.05, 3.63) is 34.9 Å². The summed E-state index contributed by atoms with van der Waals surface area (Å²) in [5.74, 6) is 1.54. The van der Waals surface area contributed by atoms with E-state index in [0.29, 0.717) is 23.7 Å². The van der Waals surface area contributed by atoms with Gasteiger partial charge < -0.3 is 16.0 Å². The maximum absolute atomic E-state index is 12.0. The van der Waals surface area contributed by atoms with Gasteiger partial charge in [0.25, 0.3) is 5.91 Å². The van der Waals surface area contributed by atoms with E-state index in [0.717, 1.165) is 18.4 Å². The third-order valence-electron chi connectivity index (χ3n) is 4.60. The van der Waals surface area contributed by atoms with Crippen molar-refractivity contribution in [1.82, 2.24) is 16.0 Å². The Labute approximate surface area is 155 Å². The Morgan fingerprint density at radius 1 is 1.12 bits per heavy atom. The summed E-state index contributed by atoms with van der Waals surface area (Å²) in [6.07, 6.45) is 8.09. The topological polar surface area (TPSA) is 65.5 Å². The number of carbonyl (C=O) groups is 1. The Balaban J connectivity index is 1.57. The molecule has 0 spiro atoms. The number of hydrogen-bond acceptors (Lipinski definition) is 2. The number of guanidine groups is 1. The molecule has 0 unspecified atom stereocenters. The van der Waals surface area contributed by atoms with E-state index in [4.69, 9.17) is 11.6 Å². The second kappa shape index (κ2) is 11.0. The summed E-state index contributed by atoms with van der Waals surface area (Å²) < 4.78 is 0. The Morgan fingerprint density at radius 2 is 1.80 bits per heavy atom. The molecule has 0 heterocycles. The Morgan fingerprint density at radius 3 is 2.52 bits per heavy atom. The first-order valence-corrected chi connectivity index (χ1v) is 9.55. The highest BCUT2D eigenvalue weighted by Crippen LogP contribution is 2.28. The van der Waals surface area contributed by atoms with Gasteiger partial charge in [-0.15, -0.1) is 0 Å². The third kappa shape index (κ3) is 6.94. The van der Waals surface area contributed by atoms with E-state index in [1.54, 1.807) is 25.2 Å². The number of amides is 1. The number of aliphatic imine (C=N–C) groups is 1. The summed E-state index contributed by atoms with van der Waals surface area (Å²) in [6.45, 7) is 2.05. The van der Waals surface area contributed by atoms with E-state index in [9.17, 15) is 4.79 Å². The Kier molecular flexibility index (Phi) is 8.60. The van der Waals surface area contributed by atoms with Gasteiger partial charge in [0.15, 0.2) is 5.96 Å². The largest absolute Gasteiger partial charge is 0.356 e. The van der Waals surface area contributed by atoms with Gasteiger partial charge in [-0.1, -0.05) is 49.4 Å². The molecule has 2 rings (SSSR count). The van der Waals surface area contributed by atoms with Crippen LogP contribution in [0.4, 0.5) is 0 Å². The molecule has 0 bridgehead atoms. The van der Waals surface area contributed by atoms with E-state index in [1.165, 1.54) is 38.5 Å². The molecule has 0 aromatic heterocycles. The average molecular weight is 365 g/mol. The molecule has 5 nitrogen and oxygen atoms in total. The van der Waals surface area contributed by atoms with Crippen molar-refractivity contribution < 1.29 is 4.79 Å². The molecule has 3 N–H and O–H groups in total. The Bertz CT molecular complexity index is 570. The molecule has 1 aromatic rings. The highest BCUT2D eigenvalue weighted by Gasteiger charge is 2.14. The van der Waals surface area contributed by atoms with Crippen molar-refractivity contribution in [2.75, 3.05) is 26.7 Å². The van der Waals surface area contributed by atoms with Crippen LogP contribution >= 0.6 is 11.6 Å². The zero-order valence-electron chi connectivity index (χ0n) is 15.0. The lowest BCUT2D eigenvalue weighted by Crippen LogP contribution is -2.41. The standard InChI is InChI=1S/C19H29ClN4O/c1-21-19(23-12-6-9-15-7-2-3-8-15)24-14-13-22-18(25)16-10-4-5-11-17(16)20/h4-5,10-11,15H,2-3,6-9,12-14H2,1H3,(H,22,25)(H2,21,23,24). The first-order chi connectivity index (χ1) is 12.2. The molecule has 0 aliphatic heterocycles. The summed E-state index contributed by atoms with van der Waals surface area (Å²) in [4.78, 5) is 16.3. The van der Waals surface area contributed by atoms with Gasteiger partial charge in [-0.25, -0.2) is 0 Å². The fourth-order valence-corrected chi connectivity index (χ4v) is 3.44. The van der Waals surface area contributed by atoms with Crippen LogP contribution in [0, 0.1) is 5.92 Å². The van der Waals surface area contributed by atoms with Gasteiger partial charge >= 0.3 is 0 Å². The zero-order valence-corrected chi connectivity index (χ0v) is 15.7. The van der Waals surface area contributed by atoms with E-state index >= 15 is 0 Å². The van der Waals surface area contributed by atoms with Gasteiger partial charge in [0.1, 0.15) is 0 Å². The van der Waals surface area contributed by atoms with Gasteiger partial charge in [-0.2, -0.15) is 0 Å². The molecule has 1 amide bonds. The molecular weight excluding hydrogens is 336 g/mol. The first-order valence-electron chi connectivity index (χ1n) is 9.18.